The van der Waals surface area contributed by atoms with Crippen LogP contribution in [0.25, 0.3) is 0 Å². The summed E-state index contributed by atoms with van der Waals surface area (Å²) in [6, 6.07) is 4.14. The Morgan fingerprint density at radius 1 is 1.50 bits per heavy atom. The van der Waals surface area contributed by atoms with E-state index in [1.807, 2.05) is 0 Å². The summed E-state index contributed by atoms with van der Waals surface area (Å²) in [5.41, 5.74) is 6.59. The average molecular weight is 251 g/mol. The summed E-state index contributed by atoms with van der Waals surface area (Å²) in [5, 5.41) is 18.7. The van der Waals surface area contributed by atoms with Crippen LogP contribution in [0.2, 0.25) is 0 Å². The molecule has 0 saturated carbocycles. The first-order chi connectivity index (χ1) is 8.59. The van der Waals surface area contributed by atoms with Crippen LogP contribution in [-0.2, 0) is 15.9 Å². The van der Waals surface area contributed by atoms with Gasteiger partial charge >= 0.3 is 13.1 Å². The van der Waals surface area contributed by atoms with Gasteiger partial charge < -0.3 is 25.3 Å². The lowest BCUT2D eigenvalue weighted by molar-refractivity contribution is -0.138. The van der Waals surface area contributed by atoms with E-state index in [9.17, 15) is 9.82 Å². The normalized spacial score (nSPS) is 16.4. The van der Waals surface area contributed by atoms with E-state index in [0.717, 1.165) is 0 Å². The Hall–Kier alpha value is -1.57. The molecule has 96 valence electrons. The number of carboxylic acids is 1. The molecule has 1 heterocycles. The molecule has 0 fully saturated rings. The highest BCUT2D eigenvalue weighted by Gasteiger charge is 2.28. The maximum atomic E-state index is 10.8. The van der Waals surface area contributed by atoms with Crippen LogP contribution >= 0.6 is 0 Å². The molecule has 0 saturated heterocycles. The van der Waals surface area contributed by atoms with E-state index in [1.54, 1.807) is 18.2 Å². The minimum absolute atomic E-state index is 0.113. The van der Waals surface area contributed by atoms with Crippen molar-refractivity contribution in [2.75, 3.05) is 13.2 Å². The van der Waals surface area contributed by atoms with Crippen LogP contribution in [-0.4, -0.2) is 42.5 Å². The quantitative estimate of drug-likeness (QED) is 0.579. The molecule has 0 amide bonds. The Bertz CT molecular complexity index is 453. The lowest BCUT2D eigenvalue weighted by atomic mass is 9.74. The fourth-order valence-corrected chi connectivity index (χ4v) is 1.89. The van der Waals surface area contributed by atoms with Gasteiger partial charge in [0.1, 0.15) is 18.4 Å². The zero-order valence-electron chi connectivity index (χ0n) is 9.70. The standard InChI is InChI=1S/C11H14BNO5/c13-8(11(14)15)6-7-2-1-3-9-10(7)12(16)18-5-4-17-9/h1-3,8,16H,4-6,13H2,(H,14,15). The summed E-state index contributed by atoms with van der Waals surface area (Å²) in [7, 11) is -1.11. The Morgan fingerprint density at radius 3 is 3.00 bits per heavy atom. The molecule has 18 heavy (non-hydrogen) atoms. The molecule has 0 bridgehead atoms. The van der Waals surface area contributed by atoms with Crippen molar-refractivity contribution >= 4 is 18.6 Å². The summed E-state index contributed by atoms with van der Waals surface area (Å²) in [6.45, 7) is 0.624. The monoisotopic (exact) mass is 251 g/mol. The van der Waals surface area contributed by atoms with E-state index in [0.29, 0.717) is 23.4 Å². The highest BCUT2D eigenvalue weighted by atomic mass is 16.6. The number of fused-ring (bicyclic) bond motifs is 1. The summed E-state index contributed by atoms with van der Waals surface area (Å²) < 4.78 is 10.6. The number of carbonyl (C=O) groups is 1. The number of benzene rings is 1. The number of hydrogen-bond donors (Lipinski definition) is 3. The molecule has 1 atom stereocenters. The Labute approximate surface area is 104 Å². The van der Waals surface area contributed by atoms with Crippen LogP contribution < -0.4 is 15.9 Å². The van der Waals surface area contributed by atoms with Crippen molar-refractivity contribution < 1.29 is 24.3 Å². The van der Waals surface area contributed by atoms with Crippen LogP contribution in [0.1, 0.15) is 5.56 Å². The first-order valence-corrected chi connectivity index (χ1v) is 5.62. The largest absolute Gasteiger partial charge is 0.495 e. The van der Waals surface area contributed by atoms with Crippen LogP contribution in [0.4, 0.5) is 0 Å². The van der Waals surface area contributed by atoms with Gasteiger partial charge in [-0.2, -0.15) is 0 Å². The molecule has 2 rings (SSSR count). The third-order valence-electron chi connectivity index (χ3n) is 2.78. The van der Waals surface area contributed by atoms with E-state index < -0.39 is 19.1 Å². The van der Waals surface area contributed by atoms with E-state index in [4.69, 9.17) is 20.2 Å². The molecular formula is C11H14BNO5. The zero-order valence-corrected chi connectivity index (χ0v) is 9.70. The molecule has 0 aromatic heterocycles. The second kappa shape index (κ2) is 5.39. The summed E-state index contributed by atoms with van der Waals surface area (Å²) in [4.78, 5) is 10.8. The Kier molecular flexibility index (Phi) is 3.85. The van der Waals surface area contributed by atoms with Gasteiger partial charge in [-0.25, -0.2) is 0 Å². The highest BCUT2D eigenvalue weighted by Crippen LogP contribution is 2.15. The number of carboxylic acid groups (broad SMARTS) is 1. The topological polar surface area (TPSA) is 102 Å². The SMILES string of the molecule is NC(Cc1cccc2c1B(O)OCCO2)C(=O)O. The second-order valence-corrected chi connectivity index (χ2v) is 4.05. The third-order valence-corrected chi connectivity index (χ3v) is 2.78. The maximum Gasteiger partial charge on any atom is 0.495 e. The lowest BCUT2D eigenvalue weighted by Crippen LogP contribution is -2.39. The molecule has 7 heteroatoms. The molecule has 4 N–H and O–H groups in total. The predicted molar refractivity (Wildman–Crippen MR) is 64.8 cm³/mol. The first kappa shape index (κ1) is 12.9. The van der Waals surface area contributed by atoms with Crippen LogP contribution in [0, 0.1) is 0 Å². The molecule has 1 aromatic carbocycles. The minimum atomic E-state index is -1.11. The van der Waals surface area contributed by atoms with Gasteiger partial charge in [-0.15, -0.1) is 0 Å². The fourth-order valence-electron chi connectivity index (χ4n) is 1.89. The highest BCUT2D eigenvalue weighted by molar-refractivity contribution is 6.61. The lowest BCUT2D eigenvalue weighted by Gasteiger charge is -2.14. The summed E-state index contributed by atoms with van der Waals surface area (Å²) in [6.07, 6.45) is 0.113. The Morgan fingerprint density at radius 2 is 2.28 bits per heavy atom. The van der Waals surface area contributed by atoms with Crippen molar-refractivity contribution in [1.29, 1.82) is 0 Å². The average Bonchev–Trinajstić information content (AvgIpc) is 2.52. The molecule has 0 spiro atoms. The molecule has 1 aliphatic heterocycles. The van der Waals surface area contributed by atoms with Crippen molar-refractivity contribution in [2.24, 2.45) is 5.73 Å². The summed E-state index contributed by atoms with van der Waals surface area (Å²) >= 11 is 0. The van der Waals surface area contributed by atoms with Crippen molar-refractivity contribution in [1.82, 2.24) is 0 Å². The summed E-state index contributed by atoms with van der Waals surface area (Å²) in [5.74, 6) is -0.576. The maximum absolute atomic E-state index is 10.8. The second-order valence-electron chi connectivity index (χ2n) is 4.05. The number of ether oxygens (including phenoxy) is 1. The van der Waals surface area contributed by atoms with Gasteiger partial charge in [0.2, 0.25) is 0 Å². The predicted octanol–water partition coefficient (Wildman–Crippen LogP) is -1.26. The van der Waals surface area contributed by atoms with Gasteiger partial charge in [0.15, 0.2) is 0 Å². The van der Waals surface area contributed by atoms with Gasteiger partial charge in [0.05, 0.1) is 6.61 Å². The van der Waals surface area contributed by atoms with E-state index in [-0.39, 0.29) is 13.0 Å². The van der Waals surface area contributed by atoms with Gasteiger partial charge in [-0.05, 0) is 18.1 Å². The van der Waals surface area contributed by atoms with Crippen molar-refractivity contribution in [3.05, 3.63) is 23.8 Å². The Balaban J connectivity index is 2.33. The molecular weight excluding hydrogens is 237 g/mol. The minimum Gasteiger partial charge on any atom is -0.492 e. The third kappa shape index (κ3) is 2.64. The first-order valence-electron chi connectivity index (χ1n) is 5.62. The van der Waals surface area contributed by atoms with Gasteiger partial charge in [0, 0.05) is 5.46 Å². The molecule has 1 unspecified atom stereocenters. The molecule has 6 nitrogen and oxygen atoms in total. The number of nitrogens with two attached hydrogens (primary N) is 1. The number of rotatable bonds is 3. The zero-order chi connectivity index (χ0) is 13.1. The van der Waals surface area contributed by atoms with Crippen LogP contribution in [0.3, 0.4) is 0 Å². The smallest absolute Gasteiger partial charge is 0.492 e. The van der Waals surface area contributed by atoms with Crippen LogP contribution in [0.5, 0.6) is 5.75 Å². The molecule has 1 aliphatic rings. The molecule has 0 radical (unpaired) electrons. The molecule has 0 aliphatic carbocycles. The van der Waals surface area contributed by atoms with Gasteiger partial charge in [0.25, 0.3) is 0 Å². The fraction of sp³-hybridized carbons (Fsp3) is 0.364. The van der Waals surface area contributed by atoms with E-state index in [2.05, 4.69) is 0 Å². The number of hydrogen-bond acceptors (Lipinski definition) is 5. The van der Waals surface area contributed by atoms with Gasteiger partial charge in [-0.1, -0.05) is 12.1 Å². The molecule has 1 aromatic rings. The van der Waals surface area contributed by atoms with Gasteiger partial charge in [-0.3, -0.25) is 4.79 Å². The number of aliphatic carboxylic acids is 1. The van der Waals surface area contributed by atoms with Crippen molar-refractivity contribution in [3.8, 4) is 5.75 Å². The van der Waals surface area contributed by atoms with Crippen LogP contribution in [0.15, 0.2) is 18.2 Å². The van der Waals surface area contributed by atoms with E-state index >= 15 is 0 Å². The van der Waals surface area contributed by atoms with Crippen molar-refractivity contribution in [3.63, 3.8) is 0 Å². The van der Waals surface area contributed by atoms with E-state index in [1.165, 1.54) is 0 Å². The van der Waals surface area contributed by atoms with Crippen molar-refractivity contribution in [2.45, 2.75) is 12.5 Å².